The first-order valence-corrected chi connectivity index (χ1v) is 9.70. The van der Waals surface area contributed by atoms with Crippen molar-refractivity contribution in [3.63, 3.8) is 0 Å². The fraction of sp³-hybridized carbons (Fsp3) is 0.476. The Morgan fingerprint density at radius 3 is 2.93 bits per heavy atom. The van der Waals surface area contributed by atoms with Crippen LogP contribution in [0.3, 0.4) is 0 Å². The molecule has 28 heavy (non-hydrogen) atoms. The normalized spacial score (nSPS) is 19.6. The third-order valence-corrected chi connectivity index (χ3v) is 5.34. The quantitative estimate of drug-likeness (QED) is 0.729. The van der Waals surface area contributed by atoms with Crippen LogP contribution in [-0.4, -0.2) is 53.5 Å². The molecule has 1 aliphatic rings. The molecule has 150 valence electrons. The highest BCUT2D eigenvalue weighted by Crippen LogP contribution is 2.38. The Morgan fingerprint density at radius 1 is 1.39 bits per heavy atom. The number of nitrogens with one attached hydrogen (secondary N) is 2. The Balaban J connectivity index is 1.79. The van der Waals surface area contributed by atoms with E-state index in [1.807, 2.05) is 36.1 Å². The summed E-state index contributed by atoms with van der Waals surface area (Å²) in [6, 6.07) is 7.70. The van der Waals surface area contributed by atoms with Crippen molar-refractivity contribution in [2.75, 3.05) is 26.8 Å². The Morgan fingerprint density at radius 2 is 2.21 bits per heavy atom. The first-order chi connectivity index (χ1) is 13.6. The van der Waals surface area contributed by atoms with E-state index >= 15 is 0 Å². The van der Waals surface area contributed by atoms with Crippen LogP contribution >= 0.6 is 0 Å². The number of aryl methyl sites for hydroxylation is 1. The van der Waals surface area contributed by atoms with Gasteiger partial charge in [-0.25, -0.2) is 4.98 Å². The standard InChI is InChI=1S/C21H28N4O3/c1-15-5-3-4-6-17(15)20-18(7-8-19(26)25(20)11-12-28-2)21(27)23-10-9-16-13-22-14-24-16/h3-6,13-14,18,20H,7-12H2,1-2H3,(H,22,24)(H,23,27)/t18-,20+/m1/s1. The van der Waals surface area contributed by atoms with Gasteiger partial charge >= 0.3 is 0 Å². The zero-order valence-electron chi connectivity index (χ0n) is 16.5. The van der Waals surface area contributed by atoms with E-state index in [0.717, 1.165) is 16.8 Å². The summed E-state index contributed by atoms with van der Waals surface area (Å²) in [6.07, 6.45) is 5.02. The van der Waals surface area contributed by atoms with Gasteiger partial charge in [0.15, 0.2) is 0 Å². The second-order valence-corrected chi connectivity index (χ2v) is 7.14. The number of methoxy groups -OCH3 is 1. The lowest BCUT2D eigenvalue weighted by molar-refractivity contribution is -0.144. The van der Waals surface area contributed by atoms with Crippen LogP contribution in [-0.2, 0) is 20.7 Å². The topological polar surface area (TPSA) is 87.3 Å². The molecule has 1 aromatic heterocycles. The SMILES string of the molecule is COCCN1C(=O)CC[C@@H](C(=O)NCCc2cnc[nH]2)[C@@H]1c1ccccc1C. The molecule has 2 amide bonds. The number of aromatic nitrogens is 2. The van der Waals surface area contributed by atoms with Crippen LogP contribution in [0.1, 0.15) is 35.7 Å². The number of amides is 2. The predicted octanol–water partition coefficient (Wildman–Crippen LogP) is 2.00. The average Bonchev–Trinajstić information content (AvgIpc) is 3.21. The number of imidazole rings is 1. The molecule has 0 aliphatic carbocycles. The zero-order chi connectivity index (χ0) is 19.9. The summed E-state index contributed by atoms with van der Waals surface area (Å²) < 4.78 is 5.21. The summed E-state index contributed by atoms with van der Waals surface area (Å²) in [5.41, 5.74) is 3.09. The van der Waals surface area contributed by atoms with Gasteiger partial charge < -0.3 is 19.9 Å². The summed E-state index contributed by atoms with van der Waals surface area (Å²) in [6.45, 7) is 3.48. The molecule has 2 N–H and O–H groups in total. The smallest absolute Gasteiger partial charge is 0.225 e. The van der Waals surface area contributed by atoms with Crippen LogP contribution in [0.15, 0.2) is 36.8 Å². The molecule has 1 aliphatic heterocycles. The van der Waals surface area contributed by atoms with Crippen molar-refractivity contribution in [1.82, 2.24) is 20.2 Å². The number of carbonyl (C=O) groups is 2. The number of hydrogen-bond donors (Lipinski definition) is 2. The number of H-pyrrole nitrogens is 1. The lowest BCUT2D eigenvalue weighted by Gasteiger charge is -2.41. The van der Waals surface area contributed by atoms with Crippen molar-refractivity contribution < 1.29 is 14.3 Å². The summed E-state index contributed by atoms with van der Waals surface area (Å²) in [7, 11) is 1.62. The van der Waals surface area contributed by atoms with E-state index < -0.39 is 0 Å². The molecule has 1 saturated heterocycles. The van der Waals surface area contributed by atoms with Gasteiger partial charge in [0.1, 0.15) is 0 Å². The van der Waals surface area contributed by atoms with Crippen LogP contribution in [0.5, 0.6) is 0 Å². The van der Waals surface area contributed by atoms with E-state index in [-0.39, 0.29) is 23.8 Å². The van der Waals surface area contributed by atoms with Gasteiger partial charge in [-0.2, -0.15) is 0 Å². The molecule has 0 saturated carbocycles. The molecule has 1 fully saturated rings. The van der Waals surface area contributed by atoms with E-state index in [1.54, 1.807) is 19.6 Å². The molecule has 2 heterocycles. The average molecular weight is 384 g/mol. The monoisotopic (exact) mass is 384 g/mol. The third kappa shape index (κ3) is 4.59. The maximum Gasteiger partial charge on any atom is 0.225 e. The number of aromatic amines is 1. The van der Waals surface area contributed by atoms with Crippen molar-refractivity contribution >= 4 is 11.8 Å². The fourth-order valence-corrected chi connectivity index (χ4v) is 3.86. The lowest BCUT2D eigenvalue weighted by Crippen LogP contribution is -2.49. The lowest BCUT2D eigenvalue weighted by atomic mass is 9.82. The van der Waals surface area contributed by atoms with Gasteiger partial charge in [0, 0.05) is 44.9 Å². The van der Waals surface area contributed by atoms with Gasteiger partial charge in [-0.05, 0) is 24.5 Å². The highest BCUT2D eigenvalue weighted by molar-refractivity contribution is 5.85. The van der Waals surface area contributed by atoms with E-state index in [4.69, 9.17) is 4.74 Å². The number of ether oxygens (including phenoxy) is 1. The first-order valence-electron chi connectivity index (χ1n) is 9.70. The van der Waals surface area contributed by atoms with Crippen LogP contribution in [0.4, 0.5) is 0 Å². The molecule has 0 bridgehead atoms. The van der Waals surface area contributed by atoms with Crippen molar-refractivity contribution in [3.05, 3.63) is 53.6 Å². The molecule has 0 spiro atoms. The van der Waals surface area contributed by atoms with Gasteiger partial charge in [-0.1, -0.05) is 24.3 Å². The van der Waals surface area contributed by atoms with Gasteiger partial charge in [0.2, 0.25) is 11.8 Å². The highest BCUT2D eigenvalue weighted by atomic mass is 16.5. The minimum atomic E-state index is -0.280. The van der Waals surface area contributed by atoms with E-state index in [1.165, 1.54) is 0 Å². The largest absolute Gasteiger partial charge is 0.383 e. The molecule has 2 atom stereocenters. The van der Waals surface area contributed by atoms with Crippen LogP contribution in [0.25, 0.3) is 0 Å². The summed E-state index contributed by atoms with van der Waals surface area (Å²) in [4.78, 5) is 34.5. The Bertz CT molecular complexity index is 791. The molecule has 1 aromatic carbocycles. The summed E-state index contributed by atoms with van der Waals surface area (Å²) in [5.74, 6) is -0.216. The Kier molecular flexibility index (Phi) is 6.81. The van der Waals surface area contributed by atoms with Crippen LogP contribution in [0.2, 0.25) is 0 Å². The Hall–Kier alpha value is -2.67. The number of nitrogens with zero attached hydrogens (tertiary/aromatic N) is 2. The summed E-state index contributed by atoms with van der Waals surface area (Å²) in [5, 5.41) is 3.05. The van der Waals surface area contributed by atoms with Gasteiger partial charge in [0.25, 0.3) is 0 Å². The molecule has 0 radical (unpaired) electrons. The van der Waals surface area contributed by atoms with Crippen molar-refractivity contribution in [2.45, 2.75) is 32.2 Å². The van der Waals surface area contributed by atoms with Crippen LogP contribution < -0.4 is 5.32 Å². The van der Waals surface area contributed by atoms with Gasteiger partial charge in [-0.3, -0.25) is 9.59 Å². The number of hydrogen-bond acceptors (Lipinski definition) is 4. The molecule has 7 nitrogen and oxygen atoms in total. The van der Waals surface area contributed by atoms with E-state index in [9.17, 15) is 9.59 Å². The maximum atomic E-state index is 13.0. The number of likely N-dealkylation sites (tertiary alicyclic amines) is 1. The number of carbonyl (C=O) groups excluding carboxylic acids is 2. The maximum absolute atomic E-state index is 13.0. The number of rotatable bonds is 8. The van der Waals surface area contributed by atoms with E-state index in [2.05, 4.69) is 15.3 Å². The Labute approximate surface area is 165 Å². The molecular formula is C21H28N4O3. The molecule has 0 unspecified atom stereocenters. The van der Waals surface area contributed by atoms with Gasteiger partial charge in [-0.15, -0.1) is 0 Å². The molecule has 3 rings (SSSR count). The first kappa shape index (κ1) is 20.1. The second-order valence-electron chi connectivity index (χ2n) is 7.14. The zero-order valence-corrected chi connectivity index (χ0v) is 16.5. The third-order valence-electron chi connectivity index (χ3n) is 5.34. The highest BCUT2D eigenvalue weighted by Gasteiger charge is 2.40. The summed E-state index contributed by atoms with van der Waals surface area (Å²) >= 11 is 0. The predicted molar refractivity (Wildman–Crippen MR) is 106 cm³/mol. The van der Waals surface area contributed by atoms with E-state index in [0.29, 0.717) is 39.0 Å². The molecule has 2 aromatic rings. The minimum Gasteiger partial charge on any atom is -0.383 e. The van der Waals surface area contributed by atoms with Crippen LogP contribution in [0, 0.1) is 12.8 Å². The number of benzene rings is 1. The van der Waals surface area contributed by atoms with Crippen molar-refractivity contribution in [2.24, 2.45) is 5.92 Å². The van der Waals surface area contributed by atoms with Crippen molar-refractivity contribution in [3.8, 4) is 0 Å². The van der Waals surface area contributed by atoms with Gasteiger partial charge in [0.05, 0.1) is 24.9 Å². The second kappa shape index (κ2) is 9.50. The molecule has 7 heteroatoms. The fourth-order valence-electron chi connectivity index (χ4n) is 3.86. The van der Waals surface area contributed by atoms with Crippen molar-refractivity contribution in [1.29, 1.82) is 0 Å². The minimum absolute atomic E-state index is 0.0114. The number of piperidine rings is 1. The molecular weight excluding hydrogens is 356 g/mol.